The van der Waals surface area contributed by atoms with Gasteiger partial charge in [-0.25, -0.2) is 0 Å². The molecule has 1 aliphatic carbocycles. The van der Waals surface area contributed by atoms with E-state index in [1.165, 1.54) is 44.2 Å². The molecular formula is C17H27N3. The molecule has 0 bridgehead atoms. The van der Waals surface area contributed by atoms with E-state index < -0.39 is 0 Å². The number of hydrogen-bond donors (Lipinski definition) is 2. The molecule has 0 spiro atoms. The molecule has 1 aliphatic heterocycles. The van der Waals surface area contributed by atoms with E-state index >= 15 is 0 Å². The Morgan fingerprint density at radius 3 is 2.65 bits per heavy atom. The van der Waals surface area contributed by atoms with Gasteiger partial charge in [0, 0.05) is 37.8 Å². The summed E-state index contributed by atoms with van der Waals surface area (Å²) >= 11 is 0. The zero-order valence-electron chi connectivity index (χ0n) is 12.3. The second-order valence-corrected chi connectivity index (χ2v) is 6.37. The number of rotatable bonds is 4. The fraction of sp³-hybridized carbons (Fsp3) is 0.647. The highest BCUT2D eigenvalue weighted by molar-refractivity contribution is 5.14. The second kappa shape index (κ2) is 6.70. The summed E-state index contributed by atoms with van der Waals surface area (Å²) in [6.07, 6.45) is 6.55. The molecule has 1 heterocycles. The largest absolute Gasteiger partial charge is 0.326 e. The zero-order valence-corrected chi connectivity index (χ0v) is 12.3. The van der Waals surface area contributed by atoms with E-state index in [2.05, 4.69) is 40.5 Å². The quantitative estimate of drug-likeness (QED) is 0.883. The first-order chi connectivity index (χ1) is 9.83. The summed E-state index contributed by atoms with van der Waals surface area (Å²) in [5.41, 5.74) is 7.46. The van der Waals surface area contributed by atoms with Gasteiger partial charge in [0.25, 0.3) is 0 Å². The fourth-order valence-corrected chi connectivity index (χ4v) is 3.75. The Balaban J connectivity index is 1.58. The van der Waals surface area contributed by atoms with Gasteiger partial charge < -0.3 is 11.1 Å². The summed E-state index contributed by atoms with van der Waals surface area (Å²) in [4.78, 5) is 2.63. The topological polar surface area (TPSA) is 41.3 Å². The van der Waals surface area contributed by atoms with Crippen LogP contribution in [0.15, 0.2) is 30.3 Å². The minimum absolute atomic E-state index is 0.395. The van der Waals surface area contributed by atoms with E-state index in [1.807, 2.05) is 0 Å². The van der Waals surface area contributed by atoms with E-state index in [0.29, 0.717) is 18.1 Å². The lowest BCUT2D eigenvalue weighted by Crippen LogP contribution is -2.51. The Hall–Kier alpha value is -0.900. The summed E-state index contributed by atoms with van der Waals surface area (Å²) in [7, 11) is 0. The van der Waals surface area contributed by atoms with E-state index in [1.54, 1.807) is 0 Å². The van der Waals surface area contributed by atoms with Crippen molar-refractivity contribution in [2.24, 2.45) is 5.73 Å². The molecule has 3 heteroatoms. The zero-order chi connectivity index (χ0) is 13.8. The van der Waals surface area contributed by atoms with Gasteiger partial charge in [0.2, 0.25) is 0 Å². The van der Waals surface area contributed by atoms with Crippen molar-refractivity contribution in [3.63, 3.8) is 0 Å². The van der Waals surface area contributed by atoms with Gasteiger partial charge in [-0.05, 0) is 24.8 Å². The molecule has 0 unspecified atom stereocenters. The highest BCUT2D eigenvalue weighted by Crippen LogP contribution is 2.26. The van der Waals surface area contributed by atoms with E-state index in [4.69, 9.17) is 5.73 Å². The van der Waals surface area contributed by atoms with E-state index in [0.717, 1.165) is 13.1 Å². The predicted octanol–water partition coefficient (Wildman–Crippen LogP) is 2.12. The normalized spacial score (nSPS) is 31.6. The Morgan fingerprint density at radius 2 is 1.90 bits per heavy atom. The average Bonchev–Trinajstić information content (AvgIpc) is 2.93. The molecule has 1 aromatic carbocycles. The lowest BCUT2D eigenvalue weighted by molar-refractivity contribution is 0.146. The van der Waals surface area contributed by atoms with Crippen molar-refractivity contribution in [1.82, 2.24) is 10.2 Å². The van der Waals surface area contributed by atoms with Gasteiger partial charge in [0.15, 0.2) is 0 Å². The second-order valence-electron chi connectivity index (χ2n) is 6.37. The van der Waals surface area contributed by atoms with E-state index in [9.17, 15) is 0 Å². The van der Waals surface area contributed by atoms with Gasteiger partial charge in [-0.3, -0.25) is 4.90 Å². The van der Waals surface area contributed by atoms with Crippen LogP contribution in [0.1, 0.15) is 37.7 Å². The number of likely N-dealkylation sites (tertiary alicyclic amines) is 1. The number of hydrogen-bond acceptors (Lipinski definition) is 3. The third kappa shape index (κ3) is 3.40. The monoisotopic (exact) mass is 273 g/mol. The fourth-order valence-electron chi connectivity index (χ4n) is 3.75. The minimum atomic E-state index is 0.395. The molecule has 2 aliphatic rings. The first-order valence-electron chi connectivity index (χ1n) is 8.10. The van der Waals surface area contributed by atoms with Crippen LogP contribution in [0.4, 0.5) is 0 Å². The van der Waals surface area contributed by atoms with Gasteiger partial charge in [0.1, 0.15) is 0 Å². The Morgan fingerprint density at radius 1 is 1.10 bits per heavy atom. The molecule has 110 valence electrons. The molecule has 1 aromatic rings. The lowest BCUT2D eigenvalue weighted by Gasteiger charge is -2.38. The molecule has 0 amide bonds. The molecule has 1 saturated heterocycles. The van der Waals surface area contributed by atoms with Crippen LogP contribution in [-0.4, -0.2) is 36.1 Å². The van der Waals surface area contributed by atoms with Crippen molar-refractivity contribution in [3.05, 3.63) is 35.9 Å². The molecule has 20 heavy (non-hydrogen) atoms. The van der Waals surface area contributed by atoms with Crippen molar-refractivity contribution in [1.29, 1.82) is 0 Å². The van der Waals surface area contributed by atoms with Crippen LogP contribution in [0.3, 0.4) is 0 Å². The maximum absolute atomic E-state index is 6.08. The first kappa shape index (κ1) is 14.1. The van der Waals surface area contributed by atoms with E-state index in [-0.39, 0.29) is 0 Å². The van der Waals surface area contributed by atoms with Crippen molar-refractivity contribution < 1.29 is 0 Å². The van der Waals surface area contributed by atoms with Gasteiger partial charge in [-0.15, -0.1) is 0 Å². The number of nitrogens with two attached hydrogens (primary N) is 1. The number of nitrogens with zero attached hydrogens (tertiary/aromatic N) is 1. The molecular weight excluding hydrogens is 246 g/mol. The average molecular weight is 273 g/mol. The van der Waals surface area contributed by atoms with Gasteiger partial charge in [-0.2, -0.15) is 0 Å². The van der Waals surface area contributed by atoms with Gasteiger partial charge in [-0.1, -0.05) is 43.2 Å². The maximum atomic E-state index is 6.08. The van der Waals surface area contributed by atoms with Crippen LogP contribution < -0.4 is 11.1 Å². The molecule has 3 N–H and O–H groups in total. The van der Waals surface area contributed by atoms with Crippen molar-refractivity contribution in [2.75, 3.05) is 13.1 Å². The van der Waals surface area contributed by atoms with Crippen LogP contribution in [0.2, 0.25) is 0 Å². The maximum Gasteiger partial charge on any atom is 0.0250 e. The standard InChI is InChI=1S/C17H27N3/c18-15-10-11-20(13-15)17-9-5-4-8-16(17)19-12-14-6-2-1-3-7-14/h1-3,6-7,15-17,19H,4-5,8-13,18H2/t15-,16+,17-/m1/s1. The summed E-state index contributed by atoms with van der Waals surface area (Å²) < 4.78 is 0. The SMILES string of the molecule is N[C@@H]1CCN([C@@H]2CCCC[C@@H]2NCc2ccccc2)C1. The van der Waals surface area contributed by atoms with Crippen LogP contribution >= 0.6 is 0 Å². The first-order valence-corrected chi connectivity index (χ1v) is 8.10. The number of benzene rings is 1. The Bertz CT molecular complexity index is 406. The molecule has 3 rings (SSSR count). The lowest BCUT2D eigenvalue weighted by atomic mass is 9.89. The summed E-state index contributed by atoms with van der Waals surface area (Å²) in [6, 6.07) is 12.5. The third-order valence-electron chi connectivity index (χ3n) is 4.87. The van der Waals surface area contributed by atoms with Crippen LogP contribution in [0.25, 0.3) is 0 Å². The Kier molecular flexibility index (Phi) is 4.71. The van der Waals surface area contributed by atoms with Gasteiger partial charge in [0.05, 0.1) is 0 Å². The molecule has 3 atom stereocenters. The highest BCUT2D eigenvalue weighted by atomic mass is 15.2. The predicted molar refractivity (Wildman–Crippen MR) is 83.5 cm³/mol. The highest BCUT2D eigenvalue weighted by Gasteiger charge is 2.33. The summed E-state index contributed by atoms with van der Waals surface area (Å²) in [5, 5.41) is 3.80. The molecule has 0 aromatic heterocycles. The Labute approximate surface area is 122 Å². The minimum Gasteiger partial charge on any atom is -0.326 e. The summed E-state index contributed by atoms with van der Waals surface area (Å²) in [5.74, 6) is 0. The molecule has 2 fully saturated rings. The van der Waals surface area contributed by atoms with Crippen molar-refractivity contribution >= 4 is 0 Å². The summed E-state index contributed by atoms with van der Waals surface area (Å²) in [6.45, 7) is 3.27. The van der Waals surface area contributed by atoms with Crippen LogP contribution in [-0.2, 0) is 6.54 Å². The van der Waals surface area contributed by atoms with Crippen LogP contribution in [0.5, 0.6) is 0 Å². The van der Waals surface area contributed by atoms with Crippen molar-refractivity contribution in [2.45, 2.75) is 56.8 Å². The number of nitrogens with one attached hydrogen (secondary N) is 1. The molecule has 0 radical (unpaired) electrons. The van der Waals surface area contributed by atoms with Crippen LogP contribution in [0, 0.1) is 0 Å². The smallest absolute Gasteiger partial charge is 0.0250 e. The molecule has 3 nitrogen and oxygen atoms in total. The molecule has 1 saturated carbocycles. The van der Waals surface area contributed by atoms with Gasteiger partial charge >= 0.3 is 0 Å². The van der Waals surface area contributed by atoms with Crippen molar-refractivity contribution in [3.8, 4) is 0 Å². The third-order valence-corrected chi connectivity index (χ3v) is 4.87.